The Labute approximate surface area is 215 Å². The van der Waals surface area contributed by atoms with E-state index in [1.165, 1.54) is 32.6 Å². The second kappa shape index (κ2) is 12.3. The molecule has 0 atom stereocenters. The van der Waals surface area contributed by atoms with Gasteiger partial charge in [-0.15, -0.1) is 0 Å². The number of methoxy groups -OCH3 is 2. The molecule has 0 saturated heterocycles. The van der Waals surface area contributed by atoms with Gasteiger partial charge in [0.1, 0.15) is 18.9 Å². The van der Waals surface area contributed by atoms with Crippen molar-refractivity contribution in [3.63, 3.8) is 0 Å². The van der Waals surface area contributed by atoms with E-state index in [0.717, 1.165) is 16.1 Å². The molecule has 9 nitrogen and oxygen atoms in total. The van der Waals surface area contributed by atoms with Gasteiger partial charge in [-0.05, 0) is 59.7 Å². The molecule has 0 unspecified atom stereocenters. The first-order valence-corrected chi connectivity index (χ1v) is 12.9. The lowest BCUT2D eigenvalue weighted by Crippen LogP contribution is -2.39. The summed E-state index contributed by atoms with van der Waals surface area (Å²) >= 11 is 5.98. The summed E-state index contributed by atoms with van der Waals surface area (Å²) in [6.45, 7) is -0.0943. The number of hydrogen-bond acceptors (Lipinski definition) is 7. The zero-order valence-electron chi connectivity index (χ0n) is 20.0. The predicted molar refractivity (Wildman–Crippen MR) is 140 cm³/mol. The highest BCUT2D eigenvalue weighted by molar-refractivity contribution is 7.92. The lowest BCUT2D eigenvalue weighted by atomic mass is 10.2. The molecule has 0 saturated carbocycles. The third-order valence-corrected chi connectivity index (χ3v) is 6.30. The number of benzene rings is 3. The van der Waals surface area contributed by atoms with Crippen LogP contribution in [0.3, 0.4) is 0 Å². The number of amides is 1. The molecule has 3 aromatic rings. The molecule has 0 heterocycles. The fourth-order valence-electron chi connectivity index (χ4n) is 3.17. The third-order valence-electron chi connectivity index (χ3n) is 4.92. The Morgan fingerprint density at radius 2 is 1.75 bits per heavy atom. The Hall–Kier alpha value is -3.76. The summed E-state index contributed by atoms with van der Waals surface area (Å²) in [4.78, 5) is 12.4. The maximum Gasteiger partial charge on any atom is 0.260 e. The van der Waals surface area contributed by atoms with E-state index in [1.807, 2.05) is 18.2 Å². The molecule has 1 amide bonds. The number of halogens is 1. The van der Waals surface area contributed by atoms with Crippen molar-refractivity contribution in [2.75, 3.05) is 31.3 Å². The van der Waals surface area contributed by atoms with Crippen molar-refractivity contribution in [2.24, 2.45) is 5.10 Å². The molecule has 0 aliphatic carbocycles. The first-order valence-electron chi connectivity index (χ1n) is 10.7. The van der Waals surface area contributed by atoms with Gasteiger partial charge in [0.2, 0.25) is 10.0 Å². The Balaban J connectivity index is 1.58. The minimum Gasteiger partial charge on any atom is -0.493 e. The average Bonchev–Trinajstić information content (AvgIpc) is 2.86. The summed E-state index contributed by atoms with van der Waals surface area (Å²) in [5, 5.41) is 4.56. The van der Waals surface area contributed by atoms with Crippen LogP contribution in [0.5, 0.6) is 17.2 Å². The van der Waals surface area contributed by atoms with Gasteiger partial charge < -0.3 is 14.2 Å². The number of nitrogens with zero attached hydrogens (tertiary/aromatic N) is 2. The summed E-state index contributed by atoms with van der Waals surface area (Å²) in [7, 11) is -0.857. The van der Waals surface area contributed by atoms with Crippen LogP contribution < -0.4 is 23.9 Å². The predicted octanol–water partition coefficient (Wildman–Crippen LogP) is 3.85. The zero-order valence-corrected chi connectivity index (χ0v) is 21.5. The molecule has 3 aromatic carbocycles. The van der Waals surface area contributed by atoms with Crippen LogP contribution in [0.4, 0.5) is 5.69 Å². The maximum absolute atomic E-state index is 12.4. The fourth-order valence-corrected chi connectivity index (χ4v) is 4.23. The number of carbonyl (C=O) groups excluding carboxylic acids is 1. The smallest absolute Gasteiger partial charge is 0.260 e. The van der Waals surface area contributed by atoms with Gasteiger partial charge >= 0.3 is 0 Å². The number of sulfonamides is 1. The highest BCUT2D eigenvalue weighted by Crippen LogP contribution is 2.32. The molecular formula is C25H26ClN3O6S. The van der Waals surface area contributed by atoms with Crippen LogP contribution in [0.15, 0.2) is 71.8 Å². The van der Waals surface area contributed by atoms with Crippen molar-refractivity contribution in [1.29, 1.82) is 0 Å². The van der Waals surface area contributed by atoms with Gasteiger partial charge in [0, 0.05) is 11.1 Å². The Morgan fingerprint density at radius 3 is 2.39 bits per heavy atom. The maximum atomic E-state index is 12.4. The second-order valence-electron chi connectivity index (χ2n) is 7.59. The van der Waals surface area contributed by atoms with Crippen molar-refractivity contribution in [1.82, 2.24) is 5.43 Å². The average molecular weight is 532 g/mol. The number of nitrogens with one attached hydrogen (secondary N) is 1. The number of anilines is 1. The topological polar surface area (TPSA) is 107 Å². The lowest BCUT2D eigenvalue weighted by Gasteiger charge is -2.22. The number of rotatable bonds is 11. The summed E-state index contributed by atoms with van der Waals surface area (Å²) in [5.74, 6) is 0.814. The summed E-state index contributed by atoms with van der Waals surface area (Å²) < 4.78 is 41.7. The highest BCUT2D eigenvalue weighted by Gasteiger charge is 2.22. The molecule has 0 radical (unpaired) electrons. The van der Waals surface area contributed by atoms with E-state index in [2.05, 4.69) is 10.5 Å². The van der Waals surface area contributed by atoms with Crippen LogP contribution in [0, 0.1) is 0 Å². The van der Waals surface area contributed by atoms with Crippen molar-refractivity contribution >= 4 is 39.4 Å². The molecule has 0 aliphatic rings. The minimum atomic E-state index is -3.76. The molecule has 0 aromatic heterocycles. The van der Waals surface area contributed by atoms with E-state index in [-0.39, 0.29) is 5.69 Å². The van der Waals surface area contributed by atoms with Crippen molar-refractivity contribution in [2.45, 2.75) is 6.61 Å². The quantitative estimate of drug-likeness (QED) is 0.297. The van der Waals surface area contributed by atoms with E-state index < -0.39 is 22.5 Å². The number of ether oxygens (including phenoxy) is 3. The zero-order chi connectivity index (χ0) is 26.1. The van der Waals surface area contributed by atoms with E-state index in [4.69, 9.17) is 25.8 Å². The van der Waals surface area contributed by atoms with E-state index in [1.54, 1.807) is 36.4 Å². The molecule has 0 spiro atoms. The molecule has 3 rings (SSSR count). The molecular weight excluding hydrogens is 506 g/mol. The van der Waals surface area contributed by atoms with Gasteiger partial charge in [-0.3, -0.25) is 9.10 Å². The van der Waals surface area contributed by atoms with E-state index in [9.17, 15) is 13.2 Å². The van der Waals surface area contributed by atoms with Gasteiger partial charge in [0.25, 0.3) is 5.91 Å². The van der Waals surface area contributed by atoms with Crippen LogP contribution >= 0.6 is 11.6 Å². The SMILES string of the molecule is COc1ccc(N(CC(=O)N/N=C\c2ccc(OCc3cccc(Cl)c3)cc2)S(C)(=O)=O)cc1OC. The largest absolute Gasteiger partial charge is 0.493 e. The van der Waals surface area contributed by atoms with Crippen molar-refractivity contribution in [3.8, 4) is 17.2 Å². The van der Waals surface area contributed by atoms with E-state index in [0.29, 0.717) is 34.4 Å². The van der Waals surface area contributed by atoms with Gasteiger partial charge in [-0.25, -0.2) is 13.8 Å². The van der Waals surface area contributed by atoms with Crippen LogP contribution in [0.1, 0.15) is 11.1 Å². The molecule has 0 fully saturated rings. The third kappa shape index (κ3) is 7.62. The van der Waals surface area contributed by atoms with Crippen LogP contribution in [0.25, 0.3) is 0 Å². The number of hydrogen-bond donors (Lipinski definition) is 1. The van der Waals surface area contributed by atoms with Crippen LogP contribution in [-0.4, -0.2) is 47.6 Å². The van der Waals surface area contributed by atoms with Gasteiger partial charge in [-0.1, -0.05) is 23.7 Å². The van der Waals surface area contributed by atoms with Crippen molar-refractivity contribution < 1.29 is 27.4 Å². The van der Waals surface area contributed by atoms with Gasteiger partial charge in [0.05, 0.1) is 32.4 Å². The molecule has 0 bridgehead atoms. The first kappa shape index (κ1) is 26.8. The van der Waals surface area contributed by atoms with Gasteiger partial charge in [0.15, 0.2) is 11.5 Å². The minimum absolute atomic E-state index is 0.252. The lowest BCUT2D eigenvalue weighted by molar-refractivity contribution is -0.119. The Bertz CT molecular complexity index is 1330. The Morgan fingerprint density at radius 1 is 1.03 bits per heavy atom. The summed E-state index contributed by atoms with van der Waals surface area (Å²) in [5.41, 5.74) is 4.26. The van der Waals surface area contributed by atoms with E-state index >= 15 is 0 Å². The van der Waals surface area contributed by atoms with Gasteiger partial charge in [-0.2, -0.15) is 5.10 Å². The second-order valence-corrected chi connectivity index (χ2v) is 9.93. The Kier molecular flexibility index (Phi) is 9.15. The fraction of sp³-hybridized carbons (Fsp3) is 0.200. The molecule has 1 N–H and O–H groups in total. The standard InChI is InChI=1S/C25H26ClN3O6S/c1-33-23-12-9-21(14-24(23)34-2)29(36(3,31)32)16-25(30)28-27-15-18-7-10-22(11-8-18)35-17-19-5-4-6-20(26)13-19/h4-15H,16-17H2,1-3H3,(H,28,30)/b27-15-. The monoisotopic (exact) mass is 531 g/mol. The number of hydrazone groups is 1. The number of carbonyl (C=O) groups is 1. The molecule has 36 heavy (non-hydrogen) atoms. The molecule has 11 heteroatoms. The normalized spacial score (nSPS) is 11.2. The highest BCUT2D eigenvalue weighted by atomic mass is 35.5. The van der Waals surface area contributed by atoms with Crippen LogP contribution in [-0.2, 0) is 21.4 Å². The summed E-state index contributed by atoms with van der Waals surface area (Å²) in [6, 6.07) is 19.1. The summed E-state index contributed by atoms with van der Waals surface area (Å²) in [6.07, 6.45) is 2.45. The van der Waals surface area contributed by atoms with Crippen molar-refractivity contribution in [3.05, 3.63) is 82.9 Å². The van der Waals surface area contributed by atoms with Crippen LogP contribution in [0.2, 0.25) is 5.02 Å². The molecule has 0 aliphatic heterocycles. The molecule has 190 valence electrons. The first-order chi connectivity index (χ1) is 17.2.